The number of allylic oxidation sites excluding steroid dienone is 2. The maximum atomic E-state index is 11.6. The van der Waals surface area contributed by atoms with Gasteiger partial charge in [-0.05, 0) is 73.7 Å². The van der Waals surface area contributed by atoms with Crippen LogP contribution in [-0.4, -0.2) is 36.5 Å². The van der Waals surface area contributed by atoms with E-state index in [0.29, 0.717) is 17.9 Å². The van der Waals surface area contributed by atoms with Crippen LogP contribution in [0, 0.1) is 6.92 Å². The van der Waals surface area contributed by atoms with Crippen molar-refractivity contribution in [1.82, 2.24) is 0 Å². The molecule has 2 aromatic carbocycles. The van der Waals surface area contributed by atoms with E-state index in [9.17, 15) is 16.8 Å². The molecule has 0 heterocycles. The first-order chi connectivity index (χ1) is 14.8. The third kappa shape index (κ3) is 8.05. The number of hydrogen-bond acceptors (Lipinski definition) is 6. The minimum Gasteiger partial charge on any atom is -0.495 e. The van der Waals surface area contributed by atoms with E-state index in [1.807, 2.05) is 32.9 Å². The van der Waals surface area contributed by atoms with Crippen molar-refractivity contribution >= 4 is 38.0 Å². The van der Waals surface area contributed by atoms with Gasteiger partial charge in [0.25, 0.3) is 0 Å². The van der Waals surface area contributed by atoms with Crippen molar-refractivity contribution in [2.75, 3.05) is 24.3 Å². The summed E-state index contributed by atoms with van der Waals surface area (Å²) in [5, 5.41) is 0. The van der Waals surface area contributed by atoms with Crippen LogP contribution in [0.25, 0.3) is 12.2 Å². The molecule has 1 N–H and O–H groups in total. The van der Waals surface area contributed by atoms with Crippen molar-refractivity contribution in [1.29, 1.82) is 0 Å². The maximum absolute atomic E-state index is 11.6. The molecule has 0 aromatic heterocycles. The van der Waals surface area contributed by atoms with Gasteiger partial charge in [-0.1, -0.05) is 29.9 Å². The fourth-order valence-electron chi connectivity index (χ4n) is 3.05. The number of hydrogen-bond donors (Lipinski definition) is 1. The van der Waals surface area contributed by atoms with E-state index >= 15 is 0 Å². The van der Waals surface area contributed by atoms with Crippen LogP contribution >= 0.6 is 0 Å². The molecule has 7 nitrogen and oxygen atoms in total. The zero-order valence-electron chi connectivity index (χ0n) is 19.1. The van der Waals surface area contributed by atoms with Gasteiger partial charge in [-0.2, -0.15) is 8.42 Å². The Morgan fingerprint density at radius 1 is 1.03 bits per heavy atom. The molecular weight excluding hydrogens is 450 g/mol. The molecule has 0 aliphatic carbocycles. The Morgan fingerprint density at radius 2 is 1.72 bits per heavy atom. The molecule has 0 fully saturated rings. The molecule has 174 valence electrons. The van der Waals surface area contributed by atoms with Gasteiger partial charge < -0.3 is 8.92 Å². The van der Waals surface area contributed by atoms with Gasteiger partial charge in [-0.25, -0.2) is 8.42 Å². The standard InChI is InChI=1S/C23H29NO6S2/c1-16(2)7-11-21-17(3)13-20(30-32(6,27)28)15-19(21)10-8-18-9-12-22(23(14-18)29-4)24-31(5,25)26/h7-10,12-15,24H,11H2,1-6H3/b10-8+. The highest BCUT2D eigenvalue weighted by Crippen LogP contribution is 2.29. The minimum atomic E-state index is -3.65. The third-order valence-corrected chi connectivity index (χ3v) is 5.51. The van der Waals surface area contributed by atoms with Gasteiger partial charge in [-0.15, -0.1) is 0 Å². The largest absolute Gasteiger partial charge is 0.495 e. The zero-order valence-corrected chi connectivity index (χ0v) is 20.7. The SMILES string of the molecule is COc1cc(/C=C/c2cc(OS(C)(=O)=O)cc(C)c2CC=C(C)C)ccc1NS(C)(=O)=O. The summed E-state index contributed by atoms with van der Waals surface area (Å²) in [6.45, 7) is 5.95. The Kier molecular flexibility index (Phi) is 8.14. The van der Waals surface area contributed by atoms with Crippen LogP contribution in [0.15, 0.2) is 42.0 Å². The molecule has 0 atom stereocenters. The number of nitrogens with one attached hydrogen (secondary N) is 1. The van der Waals surface area contributed by atoms with E-state index in [0.717, 1.165) is 34.8 Å². The summed E-state index contributed by atoms with van der Waals surface area (Å²) in [4.78, 5) is 0. The number of sulfonamides is 1. The van der Waals surface area contributed by atoms with Crippen molar-refractivity contribution in [2.24, 2.45) is 0 Å². The fraction of sp³-hybridized carbons (Fsp3) is 0.304. The van der Waals surface area contributed by atoms with Crippen molar-refractivity contribution in [2.45, 2.75) is 27.2 Å². The zero-order chi connectivity index (χ0) is 24.1. The highest BCUT2D eigenvalue weighted by Gasteiger charge is 2.11. The monoisotopic (exact) mass is 479 g/mol. The molecule has 0 aliphatic rings. The summed E-state index contributed by atoms with van der Waals surface area (Å²) in [6.07, 6.45) is 8.58. The van der Waals surface area contributed by atoms with Crippen LogP contribution in [0.4, 0.5) is 5.69 Å². The van der Waals surface area contributed by atoms with E-state index in [4.69, 9.17) is 8.92 Å². The van der Waals surface area contributed by atoms with Gasteiger partial charge in [0, 0.05) is 0 Å². The van der Waals surface area contributed by atoms with Crippen molar-refractivity contribution in [3.63, 3.8) is 0 Å². The molecule has 0 spiro atoms. The van der Waals surface area contributed by atoms with Gasteiger partial charge in [0.2, 0.25) is 10.0 Å². The smallest absolute Gasteiger partial charge is 0.306 e. The average Bonchev–Trinajstić information content (AvgIpc) is 2.63. The van der Waals surface area contributed by atoms with Crippen molar-refractivity contribution in [3.05, 3.63) is 64.2 Å². The Bertz CT molecular complexity index is 1260. The van der Waals surface area contributed by atoms with Crippen LogP contribution in [0.1, 0.15) is 36.1 Å². The Hall–Kier alpha value is -2.78. The molecule has 0 aliphatic heterocycles. The number of aryl methyl sites for hydroxylation is 1. The lowest BCUT2D eigenvalue weighted by molar-refractivity contribution is 0.417. The Labute approximate surface area is 190 Å². The van der Waals surface area contributed by atoms with Gasteiger partial charge in [0.05, 0.1) is 25.3 Å². The average molecular weight is 480 g/mol. The van der Waals surface area contributed by atoms with Crippen LogP contribution in [0.3, 0.4) is 0 Å². The number of anilines is 1. The van der Waals surface area contributed by atoms with Crippen LogP contribution in [0.2, 0.25) is 0 Å². The van der Waals surface area contributed by atoms with E-state index in [2.05, 4.69) is 10.8 Å². The van der Waals surface area contributed by atoms with Crippen LogP contribution < -0.4 is 13.6 Å². The van der Waals surface area contributed by atoms with E-state index in [1.165, 1.54) is 12.7 Å². The highest BCUT2D eigenvalue weighted by molar-refractivity contribution is 7.92. The summed E-state index contributed by atoms with van der Waals surface area (Å²) >= 11 is 0. The molecule has 0 amide bonds. The van der Waals surface area contributed by atoms with E-state index in [1.54, 1.807) is 30.3 Å². The summed E-state index contributed by atoms with van der Waals surface area (Å²) in [5.41, 5.74) is 5.07. The summed E-state index contributed by atoms with van der Waals surface area (Å²) in [6, 6.07) is 8.49. The summed E-state index contributed by atoms with van der Waals surface area (Å²) in [7, 11) is -5.63. The molecule has 0 saturated heterocycles. The van der Waals surface area contributed by atoms with Crippen molar-refractivity contribution in [3.8, 4) is 11.5 Å². The lowest BCUT2D eigenvalue weighted by Crippen LogP contribution is -2.10. The van der Waals surface area contributed by atoms with Crippen LogP contribution in [0.5, 0.6) is 11.5 Å². The van der Waals surface area contributed by atoms with Gasteiger partial charge >= 0.3 is 10.1 Å². The lowest BCUT2D eigenvalue weighted by atomic mass is 9.96. The lowest BCUT2D eigenvalue weighted by Gasteiger charge is -2.13. The van der Waals surface area contributed by atoms with Crippen molar-refractivity contribution < 1.29 is 25.8 Å². The second kappa shape index (κ2) is 10.2. The number of benzene rings is 2. The normalized spacial score (nSPS) is 11.9. The predicted octanol–water partition coefficient (Wildman–Crippen LogP) is 4.39. The molecule has 0 saturated carbocycles. The molecule has 2 rings (SSSR count). The topological polar surface area (TPSA) is 98.8 Å². The van der Waals surface area contributed by atoms with Gasteiger partial charge in [0.15, 0.2) is 0 Å². The quantitative estimate of drug-likeness (QED) is 0.325. The molecule has 32 heavy (non-hydrogen) atoms. The molecule has 0 radical (unpaired) electrons. The number of rotatable bonds is 9. The van der Waals surface area contributed by atoms with Crippen LogP contribution in [-0.2, 0) is 26.6 Å². The Morgan fingerprint density at radius 3 is 2.28 bits per heavy atom. The molecule has 0 unspecified atom stereocenters. The minimum absolute atomic E-state index is 0.246. The molecule has 0 bridgehead atoms. The van der Waals surface area contributed by atoms with Gasteiger partial charge in [-0.3, -0.25) is 4.72 Å². The highest BCUT2D eigenvalue weighted by atomic mass is 32.2. The van der Waals surface area contributed by atoms with E-state index < -0.39 is 20.1 Å². The van der Waals surface area contributed by atoms with Gasteiger partial charge in [0.1, 0.15) is 11.5 Å². The van der Waals surface area contributed by atoms with E-state index in [-0.39, 0.29) is 5.75 Å². The predicted molar refractivity (Wildman–Crippen MR) is 130 cm³/mol. The second-order valence-electron chi connectivity index (χ2n) is 7.75. The fourth-order valence-corrected chi connectivity index (χ4v) is 4.06. The number of methoxy groups -OCH3 is 1. The summed E-state index contributed by atoms with van der Waals surface area (Å²) in [5.74, 6) is 0.628. The second-order valence-corrected chi connectivity index (χ2v) is 11.1. The first-order valence-electron chi connectivity index (χ1n) is 9.77. The maximum Gasteiger partial charge on any atom is 0.306 e. The molecular formula is C23H29NO6S2. The first kappa shape index (κ1) is 25.5. The summed E-state index contributed by atoms with van der Waals surface area (Å²) < 4.78 is 59.1. The first-order valence-corrected chi connectivity index (χ1v) is 13.5. The number of ether oxygens (including phenoxy) is 1. The molecule has 2 aromatic rings. The Balaban J connectivity index is 2.49. The third-order valence-electron chi connectivity index (χ3n) is 4.42. The molecule has 9 heteroatoms.